The van der Waals surface area contributed by atoms with E-state index in [1.54, 1.807) is 0 Å². The first kappa shape index (κ1) is 19.7. The van der Waals surface area contributed by atoms with Gasteiger partial charge in [0.15, 0.2) is 17.5 Å². The molecule has 0 amide bonds. The first-order valence-electron chi connectivity index (χ1n) is 8.89. The number of rotatable bonds is 6. The Hall–Kier alpha value is -3.03. The van der Waals surface area contributed by atoms with Gasteiger partial charge in [-0.15, -0.1) is 0 Å². The first-order chi connectivity index (χ1) is 13.3. The van der Waals surface area contributed by atoms with E-state index in [0.717, 1.165) is 31.4 Å². The molecule has 28 heavy (non-hydrogen) atoms. The van der Waals surface area contributed by atoms with Crippen LogP contribution in [0, 0.1) is 17.5 Å². The molecule has 0 atom stereocenters. The fraction of sp³-hybridized carbons (Fsp3) is 0.300. The summed E-state index contributed by atoms with van der Waals surface area (Å²) in [5, 5.41) is 22.5. The Labute approximate surface area is 158 Å². The number of carbonyl (C=O) groups excluding carboxylic acids is 2. The highest BCUT2D eigenvalue weighted by Crippen LogP contribution is 2.42. The van der Waals surface area contributed by atoms with Gasteiger partial charge in [-0.05, 0) is 18.6 Å². The van der Waals surface area contributed by atoms with Crippen molar-refractivity contribution in [3.8, 4) is 11.5 Å². The number of anilines is 1. The van der Waals surface area contributed by atoms with Gasteiger partial charge in [0, 0.05) is 6.54 Å². The predicted molar refractivity (Wildman–Crippen MR) is 95.6 cm³/mol. The highest BCUT2D eigenvalue weighted by molar-refractivity contribution is 6.32. The molecule has 2 aromatic carbocycles. The summed E-state index contributed by atoms with van der Waals surface area (Å²) in [4.78, 5) is 25.6. The Bertz CT molecular complexity index is 988. The molecular weight excluding hydrogens is 375 g/mol. The van der Waals surface area contributed by atoms with Gasteiger partial charge in [-0.25, -0.2) is 13.2 Å². The van der Waals surface area contributed by atoms with Crippen LogP contribution < -0.4 is 5.32 Å². The van der Waals surface area contributed by atoms with E-state index in [1.807, 2.05) is 6.92 Å². The average Bonchev–Trinajstić information content (AvgIpc) is 2.67. The third kappa shape index (κ3) is 2.98. The van der Waals surface area contributed by atoms with Gasteiger partial charge in [-0.2, -0.15) is 0 Å². The lowest BCUT2D eigenvalue weighted by atomic mass is 9.81. The molecule has 0 bridgehead atoms. The number of fused-ring (bicyclic) bond motifs is 2. The third-order valence-electron chi connectivity index (χ3n) is 4.73. The molecule has 5 nitrogen and oxygen atoms in total. The molecule has 0 aliphatic heterocycles. The lowest BCUT2D eigenvalue weighted by Gasteiger charge is -2.23. The van der Waals surface area contributed by atoms with E-state index in [0.29, 0.717) is 6.42 Å². The van der Waals surface area contributed by atoms with Gasteiger partial charge in [-0.3, -0.25) is 9.59 Å². The minimum absolute atomic E-state index is 0.175. The molecule has 3 N–H and O–H groups in total. The lowest BCUT2D eigenvalue weighted by Crippen LogP contribution is -2.26. The molecule has 1 aliphatic rings. The van der Waals surface area contributed by atoms with Crippen LogP contribution in [0.15, 0.2) is 12.1 Å². The zero-order chi connectivity index (χ0) is 20.6. The number of phenols is 2. The van der Waals surface area contributed by atoms with Crippen molar-refractivity contribution in [2.24, 2.45) is 0 Å². The molecule has 0 spiro atoms. The van der Waals surface area contributed by atoms with Crippen LogP contribution in [0.4, 0.5) is 18.9 Å². The van der Waals surface area contributed by atoms with Crippen LogP contribution in [0.25, 0.3) is 0 Å². The monoisotopic (exact) mass is 393 g/mol. The fourth-order valence-corrected chi connectivity index (χ4v) is 3.32. The van der Waals surface area contributed by atoms with Crippen molar-refractivity contribution in [3.63, 3.8) is 0 Å². The number of aromatic hydroxyl groups is 2. The average molecular weight is 393 g/mol. The van der Waals surface area contributed by atoms with Gasteiger partial charge >= 0.3 is 0 Å². The fourth-order valence-electron chi connectivity index (χ4n) is 3.32. The Kier molecular flexibility index (Phi) is 5.31. The number of halogens is 3. The number of hydrogen-bond donors (Lipinski definition) is 3. The number of hydrogen-bond acceptors (Lipinski definition) is 5. The number of phenolic OH excluding ortho intramolecular Hbond substituents is 2. The number of carbonyl (C=O) groups is 2. The van der Waals surface area contributed by atoms with Crippen molar-refractivity contribution in [2.75, 3.05) is 11.9 Å². The quantitative estimate of drug-likeness (QED) is 0.331. The van der Waals surface area contributed by atoms with Crippen LogP contribution in [-0.2, 0) is 0 Å². The van der Waals surface area contributed by atoms with E-state index >= 15 is 0 Å². The molecule has 8 heteroatoms. The van der Waals surface area contributed by atoms with E-state index in [4.69, 9.17) is 0 Å². The second-order valence-corrected chi connectivity index (χ2v) is 6.57. The van der Waals surface area contributed by atoms with E-state index in [-0.39, 0.29) is 6.54 Å². The number of benzene rings is 2. The topological polar surface area (TPSA) is 86.6 Å². The molecule has 0 fully saturated rings. The zero-order valence-corrected chi connectivity index (χ0v) is 15.0. The number of unbranched alkanes of at least 4 members (excludes halogenated alkanes) is 3. The highest BCUT2D eigenvalue weighted by atomic mass is 19.2. The summed E-state index contributed by atoms with van der Waals surface area (Å²) < 4.78 is 42.9. The summed E-state index contributed by atoms with van der Waals surface area (Å²) in [5.41, 5.74) is -3.50. The summed E-state index contributed by atoms with van der Waals surface area (Å²) in [7, 11) is 0. The maximum atomic E-state index is 14.4. The normalized spacial score (nSPS) is 12.7. The van der Waals surface area contributed by atoms with E-state index < -0.39 is 68.5 Å². The maximum Gasteiger partial charge on any atom is 0.201 e. The van der Waals surface area contributed by atoms with Crippen LogP contribution in [0.3, 0.4) is 0 Å². The van der Waals surface area contributed by atoms with Crippen LogP contribution >= 0.6 is 0 Å². The van der Waals surface area contributed by atoms with Crippen LogP contribution in [0.5, 0.6) is 11.5 Å². The summed E-state index contributed by atoms with van der Waals surface area (Å²) >= 11 is 0. The van der Waals surface area contributed by atoms with Gasteiger partial charge in [0.2, 0.25) is 11.6 Å². The molecule has 1 aliphatic carbocycles. The molecule has 0 saturated heterocycles. The van der Waals surface area contributed by atoms with Crippen molar-refractivity contribution in [1.82, 2.24) is 0 Å². The van der Waals surface area contributed by atoms with E-state index in [9.17, 15) is 33.0 Å². The predicted octanol–water partition coefficient (Wildman–Crippen LogP) is 4.28. The molecule has 0 saturated carbocycles. The zero-order valence-electron chi connectivity index (χ0n) is 15.0. The largest absolute Gasteiger partial charge is 0.507 e. The van der Waals surface area contributed by atoms with Crippen molar-refractivity contribution < 1.29 is 33.0 Å². The second kappa shape index (κ2) is 7.53. The van der Waals surface area contributed by atoms with E-state index in [2.05, 4.69) is 5.32 Å². The summed E-state index contributed by atoms with van der Waals surface area (Å²) in [6.45, 7) is 2.18. The summed E-state index contributed by atoms with van der Waals surface area (Å²) in [6, 6.07) is 1.94. The molecule has 0 radical (unpaired) electrons. The Morgan fingerprint density at radius 3 is 1.93 bits per heavy atom. The van der Waals surface area contributed by atoms with Crippen LogP contribution in [0.2, 0.25) is 0 Å². The van der Waals surface area contributed by atoms with Crippen LogP contribution in [0.1, 0.15) is 64.4 Å². The Morgan fingerprint density at radius 2 is 1.36 bits per heavy atom. The summed E-state index contributed by atoms with van der Waals surface area (Å²) in [6.07, 6.45) is 3.28. The SMILES string of the molecule is CCCCCCNc1c(F)c(F)c(F)c2c1C(=O)c1c(O)ccc(O)c1C2=O. The number of nitrogens with one attached hydrogen (secondary N) is 1. The molecule has 0 aromatic heterocycles. The van der Waals surface area contributed by atoms with Gasteiger partial charge in [0.25, 0.3) is 0 Å². The molecule has 2 aromatic rings. The standard InChI is InChI=1S/C20H18F3NO4/c1-2-3-4-5-8-24-18-14-13(15(21)16(22)17(18)23)19(27)11-9(25)6-7-10(26)12(11)20(14)28/h6-7,24-26H,2-5,8H2,1H3. The van der Waals surface area contributed by atoms with Crippen molar-refractivity contribution in [3.05, 3.63) is 51.8 Å². The lowest BCUT2D eigenvalue weighted by molar-refractivity contribution is 0.0969. The van der Waals surface area contributed by atoms with E-state index in [1.165, 1.54) is 0 Å². The van der Waals surface area contributed by atoms with Crippen molar-refractivity contribution >= 4 is 17.3 Å². The molecule has 148 valence electrons. The minimum atomic E-state index is -1.89. The summed E-state index contributed by atoms with van der Waals surface area (Å²) in [5.74, 6) is -8.90. The highest BCUT2D eigenvalue weighted by Gasteiger charge is 2.41. The molecule has 0 heterocycles. The second-order valence-electron chi connectivity index (χ2n) is 6.57. The smallest absolute Gasteiger partial charge is 0.201 e. The third-order valence-corrected chi connectivity index (χ3v) is 4.73. The Morgan fingerprint density at radius 1 is 0.786 bits per heavy atom. The van der Waals surface area contributed by atoms with Gasteiger partial charge in [-0.1, -0.05) is 26.2 Å². The van der Waals surface area contributed by atoms with Crippen molar-refractivity contribution in [1.29, 1.82) is 0 Å². The molecule has 3 rings (SSSR count). The Balaban J connectivity index is 2.16. The van der Waals surface area contributed by atoms with Gasteiger partial charge < -0.3 is 15.5 Å². The number of ketones is 2. The van der Waals surface area contributed by atoms with Gasteiger partial charge in [0.05, 0.1) is 27.9 Å². The van der Waals surface area contributed by atoms with Crippen molar-refractivity contribution in [2.45, 2.75) is 32.6 Å². The van der Waals surface area contributed by atoms with Crippen LogP contribution in [-0.4, -0.2) is 28.3 Å². The molecular formula is C20H18F3NO4. The molecule has 0 unspecified atom stereocenters. The maximum absolute atomic E-state index is 14.4. The van der Waals surface area contributed by atoms with Gasteiger partial charge in [0.1, 0.15) is 11.5 Å². The minimum Gasteiger partial charge on any atom is -0.507 e. The first-order valence-corrected chi connectivity index (χ1v) is 8.89.